The number of hydrogen-bond acceptors (Lipinski definition) is 3. The zero-order chi connectivity index (χ0) is 14.5. The van der Waals surface area contributed by atoms with E-state index >= 15 is 0 Å². The molecule has 4 heteroatoms. The van der Waals surface area contributed by atoms with Crippen LogP contribution >= 0.6 is 0 Å². The van der Waals surface area contributed by atoms with Crippen LogP contribution in [0.5, 0.6) is 5.75 Å². The number of ether oxygens (including phenoxy) is 1. The van der Waals surface area contributed by atoms with Gasteiger partial charge in [0, 0.05) is 19.0 Å². The van der Waals surface area contributed by atoms with E-state index in [1.807, 2.05) is 29.2 Å². The summed E-state index contributed by atoms with van der Waals surface area (Å²) in [6.07, 6.45) is 2.00. The molecule has 0 spiro atoms. The van der Waals surface area contributed by atoms with Crippen LogP contribution in [0, 0.1) is 5.92 Å². The average Bonchev–Trinajstić information content (AvgIpc) is 2.48. The van der Waals surface area contributed by atoms with Gasteiger partial charge in [-0.3, -0.25) is 9.59 Å². The van der Waals surface area contributed by atoms with Crippen LogP contribution in [0.1, 0.15) is 25.3 Å². The molecule has 108 valence electrons. The highest BCUT2D eigenvalue weighted by Gasteiger charge is 2.24. The predicted octanol–water partition coefficient (Wildman–Crippen LogP) is 2.07. The monoisotopic (exact) mass is 275 g/mol. The second-order valence-corrected chi connectivity index (χ2v) is 5.29. The van der Waals surface area contributed by atoms with Crippen molar-refractivity contribution in [3.8, 4) is 5.75 Å². The Kier molecular flexibility index (Phi) is 4.77. The van der Waals surface area contributed by atoms with Crippen molar-refractivity contribution in [3.05, 3.63) is 29.8 Å². The number of hydrogen-bond donors (Lipinski definition) is 0. The first-order valence-corrected chi connectivity index (χ1v) is 7.01. The number of amides is 1. The number of piperidine rings is 1. The van der Waals surface area contributed by atoms with Gasteiger partial charge in [-0.25, -0.2) is 0 Å². The number of benzene rings is 1. The molecule has 1 aliphatic rings. The number of ketones is 1. The first kappa shape index (κ1) is 14.6. The van der Waals surface area contributed by atoms with Gasteiger partial charge in [0.15, 0.2) is 0 Å². The largest absolute Gasteiger partial charge is 0.497 e. The lowest BCUT2D eigenvalue weighted by atomic mass is 9.93. The highest BCUT2D eigenvalue weighted by atomic mass is 16.5. The number of likely N-dealkylation sites (tertiary alicyclic amines) is 1. The van der Waals surface area contributed by atoms with Crippen LogP contribution in [-0.4, -0.2) is 36.8 Å². The number of carbonyl (C=O) groups excluding carboxylic acids is 2. The Morgan fingerprint density at radius 1 is 1.20 bits per heavy atom. The van der Waals surface area contributed by atoms with Crippen LogP contribution < -0.4 is 4.74 Å². The van der Waals surface area contributed by atoms with Gasteiger partial charge in [0.25, 0.3) is 0 Å². The van der Waals surface area contributed by atoms with Gasteiger partial charge in [0.05, 0.1) is 13.5 Å². The SMILES string of the molecule is COc1ccc(CC(=O)N2CCC(C(C)=O)CC2)cc1. The van der Waals surface area contributed by atoms with Gasteiger partial charge in [-0.05, 0) is 37.5 Å². The van der Waals surface area contributed by atoms with E-state index in [0.717, 1.165) is 24.2 Å². The molecule has 0 radical (unpaired) electrons. The van der Waals surface area contributed by atoms with Crippen LogP contribution in [0.15, 0.2) is 24.3 Å². The molecule has 0 aliphatic carbocycles. The number of nitrogens with zero attached hydrogens (tertiary/aromatic N) is 1. The first-order chi connectivity index (χ1) is 9.60. The van der Waals surface area contributed by atoms with E-state index in [0.29, 0.717) is 19.5 Å². The number of rotatable bonds is 4. The van der Waals surface area contributed by atoms with Gasteiger partial charge in [0.1, 0.15) is 11.5 Å². The van der Waals surface area contributed by atoms with Crippen molar-refractivity contribution in [2.24, 2.45) is 5.92 Å². The smallest absolute Gasteiger partial charge is 0.226 e. The van der Waals surface area contributed by atoms with Crippen molar-refractivity contribution in [2.45, 2.75) is 26.2 Å². The Labute approximate surface area is 119 Å². The molecule has 0 unspecified atom stereocenters. The fourth-order valence-corrected chi connectivity index (χ4v) is 2.57. The van der Waals surface area contributed by atoms with Crippen molar-refractivity contribution in [1.29, 1.82) is 0 Å². The quantitative estimate of drug-likeness (QED) is 0.845. The normalized spacial score (nSPS) is 16.0. The van der Waals surface area contributed by atoms with Crippen molar-refractivity contribution in [1.82, 2.24) is 4.90 Å². The van der Waals surface area contributed by atoms with Gasteiger partial charge < -0.3 is 9.64 Å². The van der Waals surface area contributed by atoms with Crippen LogP contribution in [0.4, 0.5) is 0 Å². The molecule has 20 heavy (non-hydrogen) atoms. The third-order valence-corrected chi connectivity index (χ3v) is 3.94. The summed E-state index contributed by atoms with van der Waals surface area (Å²) in [5, 5.41) is 0. The Morgan fingerprint density at radius 3 is 2.30 bits per heavy atom. The Balaban J connectivity index is 1.87. The van der Waals surface area contributed by atoms with E-state index in [9.17, 15) is 9.59 Å². The minimum absolute atomic E-state index is 0.136. The summed E-state index contributed by atoms with van der Waals surface area (Å²) in [7, 11) is 1.62. The second-order valence-electron chi connectivity index (χ2n) is 5.29. The number of Topliss-reactive ketones (excluding diaryl/α,β-unsaturated/α-hetero) is 1. The topological polar surface area (TPSA) is 46.6 Å². The lowest BCUT2D eigenvalue weighted by Gasteiger charge is -2.31. The summed E-state index contributed by atoms with van der Waals surface area (Å²) < 4.78 is 5.10. The molecule has 2 rings (SSSR count). The second kappa shape index (κ2) is 6.55. The number of carbonyl (C=O) groups is 2. The Morgan fingerprint density at radius 2 is 1.80 bits per heavy atom. The van der Waals surface area contributed by atoms with Gasteiger partial charge in [0.2, 0.25) is 5.91 Å². The Bertz CT molecular complexity index is 473. The maximum atomic E-state index is 12.2. The molecule has 0 atom stereocenters. The van der Waals surface area contributed by atoms with Crippen LogP contribution in [0.3, 0.4) is 0 Å². The maximum Gasteiger partial charge on any atom is 0.226 e. The van der Waals surface area contributed by atoms with Crippen molar-refractivity contribution in [3.63, 3.8) is 0 Å². The fraction of sp³-hybridized carbons (Fsp3) is 0.500. The van der Waals surface area contributed by atoms with Gasteiger partial charge in [-0.1, -0.05) is 12.1 Å². The highest BCUT2D eigenvalue weighted by molar-refractivity contribution is 5.80. The van der Waals surface area contributed by atoms with Crippen molar-refractivity contribution in [2.75, 3.05) is 20.2 Å². The first-order valence-electron chi connectivity index (χ1n) is 7.01. The zero-order valence-electron chi connectivity index (χ0n) is 12.1. The van der Waals surface area contributed by atoms with E-state index in [-0.39, 0.29) is 17.6 Å². The molecule has 4 nitrogen and oxygen atoms in total. The van der Waals surface area contributed by atoms with Gasteiger partial charge in [-0.2, -0.15) is 0 Å². The summed E-state index contributed by atoms with van der Waals surface area (Å²) >= 11 is 0. The molecule has 1 aromatic carbocycles. The highest BCUT2D eigenvalue weighted by Crippen LogP contribution is 2.19. The molecule has 0 N–H and O–H groups in total. The molecule has 1 saturated heterocycles. The summed E-state index contributed by atoms with van der Waals surface area (Å²) in [5.41, 5.74) is 0.990. The molecule has 0 saturated carbocycles. The minimum Gasteiger partial charge on any atom is -0.497 e. The maximum absolute atomic E-state index is 12.2. The molecule has 1 amide bonds. The molecule has 1 fully saturated rings. The summed E-state index contributed by atoms with van der Waals surface area (Å²) in [4.78, 5) is 25.4. The molecule has 1 aromatic rings. The molecule has 0 bridgehead atoms. The summed E-state index contributed by atoms with van der Waals surface area (Å²) in [6, 6.07) is 7.56. The molecule has 1 aliphatic heterocycles. The number of methoxy groups -OCH3 is 1. The third-order valence-electron chi connectivity index (χ3n) is 3.94. The van der Waals surface area contributed by atoms with Gasteiger partial charge in [-0.15, -0.1) is 0 Å². The van der Waals surface area contributed by atoms with Crippen LogP contribution in [0.25, 0.3) is 0 Å². The lowest BCUT2D eigenvalue weighted by molar-refractivity contribution is -0.134. The summed E-state index contributed by atoms with van der Waals surface area (Å²) in [6.45, 7) is 3.03. The average molecular weight is 275 g/mol. The van der Waals surface area contributed by atoms with Gasteiger partial charge >= 0.3 is 0 Å². The Hall–Kier alpha value is -1.84. The zero-order valence-corrected chi connectivity index (χ0v) is 12.1. The molecular formula is C16H21NO3. The van der Waals surface area contributed by atoms with Crippen molar-refractivity contribution >= 4 is 11.7 Å². The van der Waals surface area contributed by atoms with E-state index in [2.05, 4.69) is 0 Å². The predicted molar refractivity (Wildman–Crippen MR) is 76.7 cm³/mol. The summed E-state index contributed by atoms with van der Waals surface area (Å²) in [5.74, 6) is 1.31. The fourth-order valence-electron chi connectivity index (χ4n) is 2.57. The van der Waals surface area contributed by atoms with E-state index in [1.165, 1.54) is 0 Å². The van der Waals surface area contributed by atoms with Crippen molar-refractivity contribution < 1.29 is 14.3 Å². The molecule has 0 aromatic heterocycles. The standard InChI is InChI=1S/C16H21NO3/c1-12(18)14-7-9-17(10-8-14)16(19)11-13-3-5-15(20-2)6-4-13/h3-6,14H,7-11H2,1-2H3. The van der Waals surface area contributed by atoms with E-state index in [1.54, 1.807) is 14.0 Å². The lowest BCUT2D eigenvalue weighted by Crippen LogP contribution is -2.40. The van der Waals surface area contributed by atoms with E-state index < -0.39 is 0 Å². The van der Waals surface area contributed by atoms with Crippen LogP contribution in [-0.2, 0) is 16.0 Å². The minimum atomic E-state index is 0.136. The third kappa shape index (κ3) is 3.59. The molecular weight excluding hydrogens is 254 g/mol. The van der Waals surface area contributed by atoms with Crippen LogP contribution in [0.2, 0.25) is 0 Å². The van der Waals surface area contributed by atoms with E-state index in [4.69, 9.17) is 4.74 Å². The molecule has 1 heterocycles.